The van der Waals surface area contributed by atoms with Gasteiger partial charge in [0, 0.05) is 32.9 Å². The summed E-state index contributed by atoms with van der Waals surface area (Å²) in [5.41, 5.74) is 5.93. The van der Waals surface area contributed by atoms with Gasteiger partial charge in [-0.15, -0.1) is 12.4 Å². The third kappa shape index (κ3) is 6.86. The van der Waals surface area contributed by atoms with Crippen molar-refractivity contribution in [1.29, 1.82) is 0 Å². The van der Waals surface area contributed by atoms with Crippen molar-refractivity contribution < 1.29 is 13.2 Å². The molecule has 134 valence electrons. The van der Waals surface area contributed by atoms with Crippen LogP contribution in [0, 0.1) is 5.92 Å². The van der Waals surface area contributed by atoms with Crippen LogP contribution in [0.2, 0.25) is 0 Å². The van der Waals surface area contributed by atoms with Crippen LogP contribution in [0.4, 0.5) is 0 Å². The summed E-state index contributed by atoms with van der Waals surface area (Å²) in [7, 11) is -0.465. The zero-order chi connectivity index (χ0) is 16.9. The lowest BCUT2D eigenvalue weighted by Crippen LogP contribution is -2.40. The molecule has 0 aliphatic carbocycles. The molecule has 1 atom stereocenters. The van der Waals surface area contributed by atoms with E-state index in [2.05, 4.69) is 9.82 Å². The molecule has 23 heavy (non-hydrogen) atoms. The van der Waals surface area contributed by atoms with Crippen molar-refractivity contribution in [2.45, 2.75) is 31.2 Å². The van der Waals surface area contributed by atoms with Crippen LogP contribution in [0.3, 0.4) is 0 Å². The molecule has 0 fully saturated rings. The number of nitrogens with zero attached hydrogens (tertiary/aromatic N) is 3. The number of carbonyl (C=O) groups excluding carboxylic acids is 1. The Morgan fingerprint density at radius 3 is 2.57 bits per heavy atom. The molecule has 0 spiro atoms. The van der Waals surface area contributed by atoms with Gasteiger partial charge < -0.3 is 10.6 Å². The Balaban J connectivity index is 0.00000484. The van der Waals surface area contributed by atoms with Crippen LogP contribution in [0.25, 0.3) is 0 Å². The second-order valence-electron chi connectivity index (χ2n) is 5.69. The third-order valence-corrected chi connectivity index (χ3v) is 4.84. The van der Waals surface area contributed by atoms with E-state index >= 15 is 0 Å². The number of rotatable bonds is 8. The summed E-state index contributed by atoms with van der Waals surface area (Å²) in [4.78, 5) is 13.5. The Kier molecular flexibility index (Phi) is 8.75. The molecule has 1 aromatic heterocycles. The monoisotopic (exact) mass is 367 g/mol. The number of amides is 1. The highest BCUT2D eigenvalue weighted by molar-refractivity contribution is 7.89. The van der Waals surface area contributed by atoms with Crippen LogP contribution >= 0.6 is 12.4 Å². The minimum absolute atomic E-state index is 0. The van der Waals surface area contributed by atoms with Crippen molar-refractivity contribution in [3.05, 3.63) is 12.4 Å². The van der Waals surface area contributed by atoms with E-state index in [1.54, 1.807) is 14.1 Å². The fourth-order valence-electron chi connectivity index (χ4n) is 1.71. The third-order valence-electron chi connectivity index (χ3n) is 3.48. The zero-order valence-electron chi connectivity index (χ0n) is 13.9. The first-order valence-electron chi connectivity index (χ1n) is 7.11. The average Bonchev–Trinajstić information content (AvgIpc) is 2.89. The summed E-state index contributed by atoms with van der Waals surface area (Å²) in [6.45, 7) is 4.25. The molecule has 1 amide bonds. The molecule has 0 radical (unpaired) electrons. The predicted octanol–water partition coefficient (Wildman–Crippen LogP) is -0.0480. The number of likely N-dealkylation sites (N-methyl/N-ethyl adjacent to an activating group) is 1. The molecule has 1 aromatic rings. The molecule has 0 aromatic carbocycles. The molecule has 1 unspecified atom stereocenters. The molecule has 0 aliphatic heterocycles. The second kappa shape index (κ2) is 9.21. The molecule has 0 bridgehead atoms. The molecule has 1 heterocycles. The number of carbonyl (C=O) groups is 1. The summed E-state index contributed by atoms with van der Waals surface area (Å²) < 4.78 is 27.6. The van der Waals surface area contributed by atoms with E-state index in [9.17, 15) is 13.2 Å². The van der Waals surface area contributed by atoms with Crippen molar-refractivity contribution >= 4 is 28.3 Å². The van der Waals surface area contributed by atoms with Gasteiger partial charge in [0.05, 0.1) is 12.7 Å². The highest BCUT2D eigenvalue weighted by Crippen LogP contribution is 2.06. The quantitative estimate of drug-likeness (QED) is 0.669. The molecule has 8 nitrogen and oxygen atoms in total. The number of aromatic nitrogens is 2. The fraction of sp³-hybridized carbons (Fsp3) is 0.692. The molecular weight excluding hydrogens is 342 g/mol. The average molecular weight is 368 g/mol. The van der Waals surface area contributed by atoms with Crippen molar-refractivity contribution in [2.24, 2.45) is 18.7 Å². The van der Waals surface area contributed by atoms with Crippen molar-refractivity contribution in [3.8, 4) is 0 Å². The lowest BCUT2D eigenvalue weighted by Gasteiger charge is -2.21. The Labute approximate surface area is 143 Å². The Hall–Kier alpha value is -1.16. The highest BCUT2D eigenvalue weighted by atomic mass is 35.5. The number of hydrogen-bond donors (Lipinski definition) is 2. The van der Waals surface area contributed by atoms with E-state index in [1.165, 1.54) is 22.0 Å². The van der Waals surface area contributed by atoms with E-state index in [0.29, 0.717) is 18.9 Å². The van der Waals surface area contributed by atoms with Gasteiger partial charge in [-0.3, -0.25) is 9.48 Å². The molecule has 0 saturated heterocycles. The van der Waals surface area contributed by atoms with Crippen LogP contribution < -0.4 is 10.5 Å². The van der Waals surface area contributed by atoms with Gasteiger partial charge in [0.15, 0.2) is 0 Å². The lowest BCUT2D eigenvalue weighted by molar-refractivity contribution is -0.128. The van der Waals surface area contributed by atoms with E-state index < -0.39 is 10.0 Å². The van der Waals surface area contributed by atoms with Crippen LogP contribution in [0.5, 0.6) is 0 Å². The summed E-state index contributed by atoms with van der Waals surface area (Å²) in [5, 5.41) is 3.80. The van der Waals surface area contributed by atoms with Crippen LogP contribution in [0.15, 0.2) is 17.3 Å². The van der Waals surface area contributed by atoms with Gasteiger partial charge in [0.25, 0.3) is 0 Å². The van der Waals surface area contributed by atoms with Gasteiger partial charge in [0.2, 0.25) is 15.9 Å². The lowest BCUT2D eigenvalue weighted by atomic mass is 10.0. The van der Waals surface area contributed by atoms with E-state index in [1.807, 2.05) is 13.8 Å². The van der Waals surface area contributed by atoms with Crippen molar-refractivity contribution in [1.82, 2.24) is 19.4 Å². The standard InChI is InChI=1S/C13H25N5O3S.ClH/c1-10(2)12(14)5-6-17(3)13(19)8-16-22(20,21)11-7-15-18(4)9-11;/h7,9-10,12,16H,5-6,8,14H2,1-4H3;1H. The smallest absolute Gasteiger partial charge is 0.244 e. The topological polar surface area (TPSA) is 110 Å². The predicted molar refractivity (Wildman–Crippen MR) is 90.7 cm³/mol. The van der Waals surface area contributed by atoms with Gasteiger partial charge in [-0.25, -0.2) is 13.1 Å². The highest BCUT2D eigenvalue weighted by Gasteiger charge is 2.19. The normalized spacial score (nSPS) is 12.8. The van der Waals surface area contributed by atoms with Gasteiger partial charge in [-0.2, -0.15) is 5.10 Å². The minimum atomic E-state index is -3.72. The van der Waals surface area contributed by atoms with E-state index in [0.717, 1.165) is 0 Å². The zero-order valence-corrected chi connectivity index (χ0v) is 15.5. The van der Waals surface area contributed by atoms with Gasteiger partial charge in [0.1, 0.15) is 4.90 Å². The molecule has 0 saturated carbocycles. The van der Waals surface area contributed by atoms with Gasteiger partial charge in [-0.1, -0.05) is 13.8 Å². The summed E-state index contributed by atoms with van der Waals surface area (Å²) in [6, 6.07) is 0.0161. The number of hydrogen-bond acceptors (Lipinski definition) is 5. The fourth-order valence-corrected chi connectivity index (χ4v) is 2.67. The Morgan fingerprint density at radius 1 is 1.48 bits per heavy atom. The first kappa shape index (κ1) is 21.8. The van der Waals surface area contributed by atoms with Crippen LogP contribution in [0.1, 0.15) is 20.3 Å². The van der Waals surface area contributed by atoms with Crippen molar-refractivity contribution in [2.75, 3.05) is 20.1 Å². The summed E-state index contributed by atoms with van der Waals surface area (Å²) in [6.07, 6.45) is 3.28. The molecule has 1 rings (SSSR count). The molecule has 3 N–H and O–H groups in total. The van der Waals surface area contributed by atoms with E-state index in [-0.39, 0.29) is 35.8 Å². The first-order valence-corrected chi connectivity index (χ1v) is 8.59. The maximum Gasteiger partial charge on any atom is 0.244 e. The number of nitrogens with two attached hydrogens (primary N) is 1. The first-order chi connectivity index (χ1) is 10.1. The number of aryl methyl sites for hydroxylation is 1. The maximum atomic E-state index is 12.0. The maximum absolute atomic E-state index is 12.0. The largest absolute Gasteiger partial charge is 0.345 e. The van der Waals surface area contributed by atoms with Gasteiger partial charge >= 0.3 is 0 Å². The number of halogens is 1. The molecular formula is C13H26ClN5O3S. The minimum Gasteiger partial charge on any atom is -0.345 e. The van der Waals surface area contributed by atoms with E-state index in [4.69, 9.17) is 5.73 Å². The Bertz CT molecular complexity index is 603. The SMILES string of the molecule is CC(C)C(N)CCN(C)C(=O)CNS(=O)(=O)c1cnn(C)c1.Cl. The number of sulfonamides is 1. The second-order valence-corrected chi connectivity index (χ2v) is 7.45. The van der Waals surface area contributed by atoms with Crippen molar-refractivity contribution in [3.63, 3.8) is 0 Å². The van der Waals surface area contributed by atoms with Crippen LogP contribution in [-0.2, 0) is 21.9 Å². The molecule has 0 aliphatic rings. The van der Waals surface area contributed by atoms with Crippen LogP contribution in [-0.4, -0.2) is 55.2 Å². The summed E-state index contributed by atoms with van der Waals surface area (Å²) in [5.74, 6) is 0.0380. The molecule has 10 heteroatoms. The number of nitrogens with one attached hydrogen (secondary N) is 1. The Morgan fingerprint density at radius 2 is 2.09 bits per heavy atom. The van der Waals surface area contributed by atoms with Gasteiger partial charge in [-0.05, 0) is 12.3 Å². The summed E-state index contributed by atoms with van der Waals surface area (Å²) >= 11 is 0.